The lowest BCUT2D eigenvalue weighted by atomic mass is 10.0. The molecule has 2 aromatic heterocycles. The normalized spacial score (nSPS) is 13.8. The number of fused-ring (bicyclic) bond motifs is 2. The Morgan fingerprint density at radius 3 is 2.52 bits per heavy atom. The highest BCUT2D eigenvalue weighted by atomic mass is 19.2. The van der Waals surface area contributed by atoms with Crippen molar-refractivity contribution in [2.24, 2.45) is 0 Å². The Bertz CT molecular complexity index is 1220. The molecular formula is C22H19F2N5. The van der Waals surface area contributed by atoms with Crippen LogP contribution in [-0.4, -0.2) is 21.6 Å². The van der Waals surface area contributed by atoms with Gasteiger partial charge in [-0.05, 0) is 41.7 Å². The molecule has 0 fully saturated rings. The van der Waals surface area contributed by atoms with Gasteiger partial charge in [0, 0.05) is 24.8 Å². The lowest BCUT2D eigenvalue weighted by Gasteiger charge is -2.12. The highest BCUT2D eigenvalue weighted by molar-refractivity contribution is 6.01. The molecule has 7 heteroatoms. The molecule has 0 unspecified atom stereocenters. The zero-order valence-corrected chi connectivity index (χ0v) is 15.8. The van der Waals surface area contributed by atoms with Crippen molar-refractivity contribution in [1.29, 1.82) is 0 Å². The van der Waals surface area contributed by atoms with Gasteiger partial charge in [-0.1, -0.05) is 24.3 Å². The Balaban J connectivity index is 1.70. The van der Waals surface area contributed by atoms with Gasteiger partial charge in [0.25, 0.3) is 0 Å². The third kappa shape index (κ3) is 2.73. The van der Waals surface area contributed by atoms with Gasteiger partial charge in [-0.25, -0.2) is 18.7 Å². The second-order valence-corrected chi connectivity index (χ2v) is 7.31. The molecule has 0 radical (unpaired) electrons. The minimum Gasteiger partial charge on any atom is -0.386 e. The summed E-state index contributed by atoms with van der Waals surface area (Å²) in [4.78, 5) is 8.59. The molecule has 2 heterocycles. The highest BCUT2D eigenvalue weighted by Crippen LogP contribution is 2.39. The van der Waals surface area contributed by atoms with Crippen LogP contribution in [0.1, 0.15) is 17.2 Å². The first-order chi connectivity index (χ1) is 14.1. The third-order valence-corrected chi connectivity index (χ3v) is 5.67. The number of anilines is 2. The minimum atomic E-state index is -0.920. The number of rotatable bonds is 3. The van der Waals surface area contributed by atoms with E-state index < -0.39 is 11.6 Å². The number of halogens is 2. The number of benzene rings is 2. The van der Waals surface area contributed by atoms with Crippen LogP contribution in [0.3, 0.4) is 0 Å². The fourth-order valence-electron chi connectivity index (χ4n) is 4.26. The molecule has 2 aromatic carbocycles. The van der Waals surface area contributed by atoms with Gasteiger partial charge in [-0.2, -0.15) is 0 Å². The molecule has 0 amide bonds. The average Bonchev–Trinajstić information content (AvgIpc) is 3.32. The Hall–Kier alpha value is -3.48. The summed E-state index contributed by atoms with van der Waals surface area (Å²) in [7, 11) is 1.55. The van der Waals surface area contributed by atoms with E-state index in [1.54, 1.807) is 13.1 Å². The zero-order chi connectivity index (χ0) is 20.1. The van der Waals surface area contributed by atoms with Gasteiger partial charge in [0.1, 0.15) is 17.8 Å². The first-order valence-electron chi connectivity index (χ1n) is 9.41. The van der Waals surface area contributed by atoms with Gasteiger partial charge in [0.15, 0.2) is 11.6 Å². The van der Waals surface area contributed by atoms with Gasteiger partial charge in [-0.3, -0.25) is 0 Å². The molecular weight excluding hydrogens is 372 g/mol. The number of nitrogens with two attached hydrogens (primary N) is 1. The molecule has 5 rings (SSSR count). The van der Waals surface area contributed by atoms with Gasteiger partial charge in [-0.15, -0.1) is 0 Å². The molecule has 29 heavy (non-hydrogen) atoms. The summed E-state index contributed by atoms with van der Waals surface area (Å²) < 4.78 is 30.3. The van der Waals surface area contributed by atoms with Crippen molar-refractivity contribution in [3.8, 4) is 11.1 Å². The lowest BCUT2D eigenvalue weighted by molar-refractivity contribution is 0.512. The van der Waals surface area contributed by atoms with E-state index in [9.17, 15) is 8.78 Å². The minimum absolute atomic E-state index is 0.0876. The quantitative estimate of drug-likeness (QED) is 0.545. The van der Waals surface area contributed by atoms with Crippen LogP contribution in [0.4, 0.5) is 20.3 Å². The van der Waals surface area contributed by atoms with Crippen LogP contribution in [0.25, 0.3) is 22.2 Å². The lowest BCUT2D eigenvalue weighted by Crippen LogP contribution is -2.08. The summed E-state index contributed by atoms with van der Waals surface area (Å²) in [6, 6.07) is 11.3. The second kappa shape index (κ2) is 6.55. The molecule has 0 saturated heterocycles. The van der Waals surface area contributed by atoms with Crippen molar-refractivity contribution in [1.82, 2.24) is 14.5 Å². The van der Waals surface area contributed by atoms with Crippen molar-refractivity contribution < 1.29 is 8.78 Å². The Morgan fingerprint density at radius 1 is 1.10 bits per heavy atom. The second-order valence-electron chi connectivity index (χ2n) is 7.31. The number of nitrogen functional groups attached to an aromatic ring is 1. The number of aromatic nitrogens is 3. The molecule has 4 aromatic rings. The monoisotopic (exact) mass is 391 g/mol. The molecule has 0 spiro atoms. The molecule has 0 atom stereocenters. The van der Waals surface area contributed by atoms with E-state index in [1.165, 1.54) is 23.5 Å². The standard InChI is InChI=1S/C22H19F2N5/c1-26-18-9-14(8-17(23)20(18)24)16-10-29(22-19(16)21(25)27-11-28-22)15-6-12-4-2-3-5-13(12)7-15/h2-5,8-11,15,26H,6-7H2,1H3,(H2,25,27,28). The number of hydrogen-bond donors (Lipinski definition) is 2. The Morgan fingerprint density at radius 2 is 1.83 bits per heavy atom. The summed E-state index contributed by atoms with van der Waals surface area (Å²) in [6.45, 7) is 0. The summed E-state index contributed by atoms with van der Waals surface area (Å²) in [5.74, 6) is -1.51. The van der Waals surface area contributed by atoms with Gasteiger partial charge in [0.05, 0.1) is 11.1 Å². The van der Waals surface area contributed by atoms with Crippen LogP contribution >= 0.6 is 0 Å². The maximum Gasteiger partial charge on any atom is 0.181 e. The smallest absolute Gasteiger partial charge is 0.181 e. The van der Waals surface area contributed by atoms with Crippen molar-refractivity contribution in [3.63, 3.8) is 0 Å². The molecule has 1 aliphatic rings. The van der Waals surface area contributed by atoms with Crippen LogP contribution in [0.5, 0.6) is 0 Å². The van der Waals surface area contributed by atoms with Crippen LogP contribution in [0.15, 0.2) is 48.9 Å². The zero-order valence-electron chi connectivity index (χ0n) is 15.8. The summed E-state index contributed by atoms with van der Waals surface area (Å²) in [5.41, 5.74) is 10.8. The number of hydrogen-bond acceptors (Lipinski definition) is 4. The topological polar surface area (TPSA) is 68.8 Å². The first kappa shape index (κ1) is 17.6. The van der Waals surface area contributed by atoms with Crippen molar-refractivity contribution >= 4 is 22.5 Å². The number of nitrogens with zero attached hydrogens (tertiary/aromatic N) is 3. The van der Waals surface area contributed by atoms with E-state index in [4.69, 9.17) is 5.73 Å². The molecule has 3 N–H and O–H groups in total. The van der Waals surface area contributed by atoms with Crippen LogP contribution in [-0.2, 0) is 12.8 Å². The maximum absolute atomic E-state index is 14.2. The van der Waals surface area contributed by atoms with E-state index in [0.717, 1.165) is 12.8 Å². The average molecular weight is 391 g/mol. The van der Waals surface area contributed by atoms with Crippen molar-refractivity contribution in [2.75, 3.05) is 18.1 Å². The summed E-state index contributed by atoms with van der Waals surface area (Å²) in [5, 5.41) is 3.35. The fourth-order valence-corrected chi connectivity index (χ4v) is 4.26. The molecule has 0 bridgehead atoms. The molecule has 5 nitrogen and oxygen atoms in total. The molecule has 1 aliphatic carbocycles. The summed E-state index contributed by atoms with van der Waals surface area (Å²) in [6.07, 6.45) is 5.12. The summed E-state index contributed by atoms with van der Waals surface area (Å²) >= 11 is 0. The van der Waals surface area contributed by atoms with E-state index in [1.807, 2.05) is 18.3 Å². The Labute approximate surface area is 166 Å². The SMILES string of the molecule is CNc1cc(-c2cn(C3Cc4ccccc4C3)c3ncnc(N)c23)cc(F)c1F. The largest absolute Gasteiger partial charge is 0.386 e. The predicted octanol–water partition coefficient (Wildman–Crippen LogP) is 4.34. The van der Waals surface area contributed by atoms with Gasteiger partial charge >= 0.3 is 0 Å². The first-order valence-corrected chi connectivity index (χ1v) is 9.41. The van der Waals surface area contributed by atoms with Crippen LogP contribution in [0.2, 0.25) is 0 Å². The maximum atomic E-state index is 14.2. The van der Waals surface area contributed by atoms with E-state index >= 15 is 0 Å². The third-order valence-electron chi connectivity index (χ3n) is 5.67. The van der Waals surface area contributed by atoms with Gasteiger partial charge in [0.2, 0.25) is 0 Å². The fraction of sp³-hybridized carbons (Fsp3) is 0.182. The molecule has 146 valence electrons. The van der Waals surface area contributed by atoms with Crippen LogP contribution < -0.4 is 11.1 Å². The van der Waals surface area contributed by atoms with Crippen LogP contribution in [0, 0.1) is 11.6 Å². The predicted molar refractivity (Wildman–Crippen MR) is 110 cm³/mol. The van der Waals surface area contributed by atoms with E-state index in [2.05, 4.69) is 32.0 Å². The molecule has 0 saturated carbocycles. The van der Waals surface area contributed by atoms with Crippen molar-refractivity contribution in [3.05, 3.63) is 71.7 Å². The number of nitrogens with one attached hydrogen (secondary N) is 1. The molecule has 0 aliphatic heterocycles. The highest BCUT2D eigenvalue weighted by Gasteiger charge is 2.26. The van der Waals surface area contributed by atoms with Crippen molar-refractivity contribution in [2.45, 2.75) is 18.9 Å². The Kier molecular flexibility index (Phi) is 3.97. The van der Waals surface area contributed by atoms with E-state index in [0.29, 0.717) is 28.0 Å². The van der Waals surface area contributed by atoms with Gasteiger partial charge < -0.3 is 15.6 Å². The van der Waals surface area contributed by atoms with E-state index in [-0.39, 0.29) is 11.7 Å².